The number of halogens is 2. The molecule has 0 radical (unpaired) electrons. The van der Waals surface area contributed by atoms with Crippen LogP contribution >= 0.6 is 23.2 Å². The highest BCUT2D eigenvalue weighted by Crippen LogP contribution is 2.30. The smallest absolute Gasteiger partial charge is 0.123 e. The maximum absolute atomic E-state index is 8.86. The third kappa shape index (κ3) is 2.73. The van der Waals surface area contributed by atoms with E-state index >= 15 is 0 Å². The normalized spacial score (nSPS) is 15.8. The fraction of sp³-hybridized carbons (Fsp3) is 0.250. The summed E-state index contributed by atoms with van der Waals surface area (Å²) in [5.74, 6) is 0.784. The molecular formula is C12H11Cl2NO2. The van der Waals surface area contributed by atoms with Crippen LogP contribution in [0.1, 0.15) is 17.5 Å². The van der Waals surface area contributed by atoms with E-state index in [1.54, 1.807) is 6.08 Å². The van der Waals surface area contributed by atoms with E-state index in [4.69, 9.17) is 33.1 Å². The molecule has 1 N–H and O–H groups in total. The highest BCUT2D eigenvalue weighted by Gasteiger charge is 2.21. The maximum Gasteiger partial charge on any atom is 0.123 e. The Morgan fingerprint density at radius 1 is 1.41 bits per heavy atom. The number of hydrogen-bond donors (Lipinski definition) is 1. The Bertz CT molecular complexity index is 479. The topological polar surface area (TPSA) is 41.8 Å². The van der Waals surface area contributed by atoms with E-state index in [9.17, 15) is 0 Å². The molecule has 3 nitrogen and oxygen atoms in total. The van der Waals surface area contributed by atoms with Gasteiger partial charge in [0.25, 0.3) is 0 Å². The summed E-state index contributed by atoms with van der Waals surface area (Å²) in [6.45, 7) is 0.324. The SMILES string of the molecule is O/N=C1\CCc2c(OCC=C(Cl)Cl)cccc21. The second-order valence-corrected chi connectivity index (χ2v) is 4.64. The summed E-state index contributed by atoms with van der Waals surface area (Å²) in [7, 11) is 0. The number of nitrogens with zero attached hydrogens (tertiary/aromatic N) is 1. The van der Waals surface area contributed by atoms with Gasteiger partial charge in [-0.3, -0.25) is 0 Å². The zero-order valence-corrected chi connectivity index (χ0v) is 10.5. The van der Waals surface area contributed by atoms with Crippen LogP contribution in [0, 0.1) is 0 Å². The molecule has 0 saturated carbocycles. The first-order valence-corrected chi connectivity index (χ1v) is 5.95. The van der Waals surface area contributed by atoms with Crippen LogP contribution in [0.2, 0.25) is 0 Å². The van der Waals surface area contributed by atoms with Gasteiger partial charge in [0.2, 0.25) is 0 Å². The van der Waals surface area contributed by atoms with Crippen molar-refractivity contribution < 1.29 is 9.94 Å². The number of ether oxygens (including phenoxy) is 1. The number of hydrogen-bond acceptors (Lipinski definition) is 3. The second kappa shape index (κ2) is 5.43. The lowest BCUT2D eigenvalue weighted by molar-refractivity contribution is 0.318. The molecule has 0 spiro atoms. The second-order valence-electron chi connectivity index (χ2n) is 3.63. The Balaban J connectivity index is 2.20. The van der Waals surface area contributed by atoms with Crippen LogP contribution in [0.3, 0.4) is 0 Å². The van der Waals surface area contributed by atoms with Crippen molar-refractivity contribution in [3.63, 3.8) is 0 Å². The summed E-state index contributed by atoms with van der Waals surface area (Å²) in [4.78, 5) is 0. The minimum atomic E-state index is 0.190. The van der Waals surface area contributed by atoms with Crippen LogP contribution in [0.15, 0.2) is 33.9 Å². The van der Waals surface area contributed by atoms with E-state index in [0.29, 0.717) is 12.3 Å². The van der Waals surface area contributed by atoms with Gasteiger partial charge in [-0.25, -0.2) is 0 Å². The lowest BCUT2D eigenvalue weighted by Crippen LogP contribution is -1.98. The van der Waals surface area contributed by atoms with Crippen molar-refractivity contribution in [2.75, 3.05) is 6.61 Å². The third-order valence-corrected chi connectivity index (χ3v) is 2.96. The minimum absolute atomic E-state index is 0.190. The van der Waals surface area contributed by atoms with Gasteiger partial charge in [-0.2, -0.15) is 0 Å². The van der Waals surface area contributed by atoms with Crippen molar-refractivity contribution in [2.45, 2.75) is 12.8 Å². The van der Waals surface area contributed by atoms with Crippen molar-refractivity contribution in [1.29, 1.82) is 0 Å². The molecule has 90 valence electrons. The molecule has 2 rings (SSSR count). The van der Waals surface area contributed by atoms with Crippen molar-refractivity contribution >= 4 is 28.9 Å². The summed E-state index contributed by atoms with van der Waals surface area (Å²) in [5, 5.41) is 12.1. The molecule has 0 amide bonds. The fourth-order valence-electron chi connectivity index (χ4n) is 1.91. The summed E-state index contributed by atoms with van der Waals surface area (Å²) in [6.07, 6.45) is 3.14. The molecule has 0 heterocycles. The van der Waals surface area contributed by atoms with E-state index in [2.05, 4.69) is 5.16 Å². The predicted molar refractivity (Wildman–Crippen MR) is 68.4 cm³/mol. The lowest BCUT2D eigenvalue weighted by Gasteiger charge is -2.08. The first-order chi connectivity index (χ1) is 8.22. The van der Waals surface area contributed by atoms with Gasteiger partial charge >= 0.3 is 0 Å². The van der Waals surface area contributed by atoms with E-state index in [-0.39, 0.29) is 4.49 Å². The Labute approximate surface area is 109 Å². The molecule has 0 atom stereocenters. The number of oxime groups is 1. The molecule has 0 aromatic heterocycles. The summed E-state index contributed by atoms with van der Waals surface area (Å²) in [5.41, 5.74) is 2.72. The Morgan fingerprint density at radius 2 is 2.24 bits per heavy atom. The minimum Gasteiger partial charge on any atom is -0.489 e. The van der Waals surface area contributed by atoms with Gasteiger partial charge in [-0.15, -0.1) is 0 Å². The van der Waals surface area contributed by atoms with Crippen molar-refractivity contribution in [3.05, 3.63) is 39.9 Å². The van der Waals surface area contributed by atoms with Crippen LogP contribution in [-0.2, 0) is 6.42 Å². The van der Waals surface area contributed by atoms with Crippen LogP contribution in [0.25, 0.3) is 0 Å². The summed E-state index contributed by atoms with van der Waals surface area (Å²) >= 11 is 11.0. The van der Waals surface area contributed by atoms with Gasteiger partial charge in [0.1, 0.15) is 16.8 Å². The standard InChI is InChI=1S/C12H11Cl2NO2/c13-12(14)6-7-17-11-3-1-2-8-9(11)4-5-10(8)15-16/h1-3,6,16H,4-5,7H2/b15-10+. The molecule has 0 fully saturated rings. The highest BCUT2D eigenvalue weighted by molar-refractivity contribution is 6.55. The van der Waals surface area contributed by atoms with Crippen LogP contribution in [-0.4, -0.2) is 17.5 Å². The highest BCUT2D eigenvalue weighted by atomic mass is 35.5. The summed E-state index contributed by atoms with van der Waals surface area (Å²) in [6, 6.07) is 5.68. The van der Waals surface area contributed by atoms with E-state index in [1.165, 1.54) is 0 Å². The molecule has 1 aliphatic carbocycles. The monoisotopic (exact) mass is 271 g/mol. The molecule has 17 heavy (non-hydrogen) atoms. The van der Waals surface area contributed by atoms with E-state index in [0.717, 1.165) is 29.7 Å². The van der Waals surface area contributed by atoms with Crippen LogP contribution < -0.4 is 4.74 Å². The zero-order chi connectivity index (χ0) is 12.3. The van der Waals surface area contributed by atoms with Crippen LogP contribution in [0.4, 0.5) is 0 Å². The van der Waals surface area contributed by atoms with Gasteiger partial charge in [-0.1, -0.05) is 40.5 Å². The van der Waals surface area contributed by atoms with E-state index in [1.807, 2.05) is 18.2 Å². The van der Waals surface area contributed by atoms with Crippen molar-refractivity contribution in [3.8, 4) is 5.75 Å². The summed E-state index contributed by atoms with van der Waals surface area (Å²) < 4.78 is 5.76. The lowest BCUT2D eigenvalue weighted by atomic mass is 10.1. The molecule has 1 aromatic rings. The molecule has 5 heteroatoms. The Hall–Kier alpha value is -1.19. The van der Waals surface area contributed by atoms with Crippen molar-refractivity contribution in [1.82, 2.24) is 0 Å². The van der Waals surface area contributed by atoms with Gasteiger partial charge in [-0.05, 0) is 25.0 Å². The van der Waals surface area contributed by atoms with Crippen molar-refractivity contribution in [2.24, 2.45) is 5.16 Å². The molecule has 1 aliphatic rings. The molecule has 0 saturated heterocycles. The number of benzene rings is 1. The average Bonchev–Trinajstić information content (AvgIpc) is 2.72. The third-order valence-electron chi connectivity index (χ3n) is 2.65. The maximum atomic E-state index is 8.86. The Morgan fingerprint density at radius 3 is 2.94 bits per heavy atom. The number of fused-ring (bicyclic) bond motifs is 1. The van der Waals surface area contributed by atoms with Gasteiger partial charge < -0.3 is 9.94 Å². The number of rotatable bonds is 3. The van der Waals surface area contributed by atoms with E-state index < -0.39 is 0 Å². The Kier molecular flexibility index (Phi) is 3.92. The fourth-order valence-corrected chi connectivity index (χ4v) is 2.03. The molecule has 1 aromatic carbocycles. The van der Waals surface area contributed by atoms with Gasteiger partial charge in [0.15, 0.2) is 0 Å². The van der Waals surface area contributed by atoms with Gasteiger partial charge in [0.05, 0.1) is 5.71 Å². The first-order valence-electron chi connectivity index (χ1n) is 5.19. The molecule has 0 unspecified atom stereocenters. The molecule has 0 bridgehead atoms. The first kappa shape index (κ1) is 12.3. The van der Waals surface area contributed by atoms with Gasteiger partial charge in [0, 0.05) is 11.1 Å². The average molecular weight is 272 g/mol. The molecular weight excluding hydrogens is 261 g/mol. The van der Waals surface area contributed by atoms with Crippen LogP contribution in [0.5, 0.6) is 5.75 Å². The molecule has 0 aliphatic heterocycles. The largest absolute Gasteiger partial charge is 0.489 e. The zero-order valence-electron chi connectivity index (χ0n) is 8.99. The quantitative estimate of drug-likeness (QED) is 0.675. The predicted octanol–water partition coefficient (Wildman–Crippen LogP) is 3.51.